The second-order valence-corrected chi connectivity index (χ2v) is 10.1. The number of sulfonamides is 1. The maximum absolute atomic E-state index is 12.6. The highest BCUT2D eigenvalue weighted by Gasteiger charge is 2.27. The average molecular weight is 408 g/mol. The van der Waals surface area contributed by atoms with Crippen LogP contribution in [0, 0.1) is 0 Å². The number of fused-ring (bicyclic) bond motifs is 2. The van der Waals surface area contributed by atoms with E-state index in [0.29, 0.717) is 13.0 Å². The van der Waals surface area contributed by atoms with Crippen LogP contribution in [0.4, 0.5) is 10.5 Å². The Morgan fingerprint density at radius 3 is 2.18 bits per heavy atom. The van der Waals surface area contributed by atoms with Gasteiger partial charge in [0.15, 0.2) is 0 Å². The van der Waals surface area contributed by atoms with Crippen LogP contribution in [-0.4, -0.2) is 44.2 Å². The van der Waals surface area contributed by atoms with Gasteiger partial charge in [-0.25, -0.2) is 17.9 Å². The monoisotopic (exact) mass is 407 g/mol. The van der Waals surface area contributed by atoms with Crippen molar-refractivity contribution < 1.29 is 13.2 Å². The number of carbonyl (C=O) groups excluding carboxylic acids is 1. The Labute approximate surface area is 169 Å². The first-order valence-corrected chi connectivity index (χ1v) is 12.1. The summed E-state index contributed by atoms with van der Waals surface area (Å²) >= 11 is 0. The smallest absolute Gasteiger partial charge is 0.307 e. The molecule has 2 aliphatic carbocycles. The third-order valence-corrected chi connectivity index (χ3v) is 7.99. The van der Waals surface area contributed by atoms with E-state index in [1.165, 1.54) is 22.3 Å². The molecule has 0 spiro atoms. The van der Waals surface area contributed by atoms with Crippen molar-refractivity contribution in [1.29, 1.82) is 0 Å². The zero-order chi connectivity index (χ0) is 20.3. The van der Waals surface area contributed by atoms with Gasteiger partial charge >= 0.3 is 6.03 Å². The minimum atomic E-state index is -3.71. The molecular formula is C21H33N3O3S. The van der Waals surface area contributed by atoms with E-state index in [1.807, 2.05) is 0 Å². The number of aryl methyl sites for hydroxylation is 2. The van der Waals surface area contributed by atoms with Crippen LogP contribution in [0.5, 0.6) is 0 Å². The Morgan fingerprint density at radius 1 is 1.07 bits per heavy atom. The van der Waals surface area contributed by atoms with E-state index in [0.717, 1.165) is 57.3 Å². The standard InChI is InChI=1S/C21H33N3O3S/c1-4-24(5-2)13-12-15(3)28(26,27)23-21(25)22-20-18-10-6-8-16(18)14-17-9-7-11-19(17)20/h14-15H,4-13H2,1-3H3,(H2,22,23,25). The Bertz CT molecular complexity index is 800. The molecule has 1 atom stereocenters. The SMILES string of the molecule is CCN(CC)CCC(C)S(=O)(=O)NC(=O)Nc1c2c(cc3c1CCC3)CCC2. The van der Waals surface area contributed by atoms with Gasteiger partial charge in [0.2, 0.25) is 10.0 Å². The normalized spacial score (nSPS) is 16.7. The van der Waals surface area contributed by atoms with Gasteiger partial charge in [0, 0.05) is 5.69 Å². The molecule has 0 aromatic heterocycles. The molecule has 2 amide bonds. The summed E-state index contributed by atoms with van der Waals surface area (Å²) in [6.07, 6.45) is 6.67. The van der Waals surface area contributed by atoms with Gasteiger partial charge in [-0.2, -0.15) is 0 Å². The fourth-order valence-electron chi connectivity index (χ4n) is 4.40. The van der Waals surface area contributed by atoms with E-state index in [2.05, 4.69) is 34.9 Å². The third-order valence-electron chi connectivity index (χ3n) is 6.22. The van der Waals surface area contributed by atoms with E-state index in [1.54, 1.807) is 6.92 Å². The van der Waals surface area contributed by atoms with Crippen LogP contribution in [0.25, 0.3) is 0 Å². The summed E-state index contributed by atoms with van der Waals surface area (Å²) < 4.78 is 27.4. The summed E-state index contributed by atoms with van der Waals surface area (Å²) in [5.41, 5.74) is 5.88. The third kappa shape index (κ3) is 4.51. The maximum atomic E-state index is 12.6. The van der Waals surface area contributed by atoms with Crippen molar-refractivity contribution >= 4 is 21.7 Å². The van der Waals surface area contributed by atoms with Crippen molar-refractivity contribution in [3.05, 3.63) is 28.3 Å². The number of nitrogens with zero attached hydrogens (tertiary/aromatic N) is 1. The highest BCUT2D eigenvalue weighted by atomic mass is 32.2. The van der Waals surface area contributed by atoms with Crippen molar-refractivity contribution in [2.75, 3.05) is 25.0 Å². The summed E-state index contributed by atoms with van der Waals surface area (Å²) in [6, 6.07) is 1.66. The summed E-state index contributed by atoms with van der Waals surface area (Å²) in [5.74, 6) is 0. The first kappa shape index (κ1) is 21.1. The number of nitrogens with one attached hydrogen (secondary N) is 2. The van der Waals surface area contributed by atoms with Gasteiger partial charge in [-0.15, -0.1) is 0 Å². The largest absolute Gasteiger partial charge is 0.332 e. The summed E-state index contributed by atoms with van der Waals surface area (Å²) in [7, 11) is -3.71. The molecule has 1 aromatic carbocycles. The molecule has 156 valence electrons. The van der Waals surface area contributed by atoms with Crippen molar-refractivity contribution in [1.82, 2.24) is 9.62 Å². The molecule has 0 saturated carbocycles. The van der Waals surface area contributed by atoms with Crippen LogP contribution in [0.1, 0.15) is 62.3 Å². The van der Waals surface area contributed by atoms with E-state index in [-0.39, 0.29) is 0 Å². The lowest BCUT2D eigenvalue weighted by molar-refractivity contribution is 0.256. The molecule has 2 aliphatic rings. The van der Waals surface area contributed by atoms with E-state index < -0.39 is 21.3 Å². The van der Waals surface area contributed by atoms with Crippen LogP contribution < -0.4 is 10.0 Å². The second-order valence-electron chi connectivity index (χ2n) is 7.96. The molecule has 0 fully saturated rings. The highest BCUT2D eigenvalue weighted by Crippen LogP contribution is 2.38. The molecular weight excluding hydrogens is 374 g/mol. The van der Waals surface area contributed by atoms with Crippen molar-refractivity contribution in [2.45, 2.75) is 71.0 Å². The molecule has 1 unspecified atom stereocenters. The topological polar surface area (TPSA) is 78.5 Å². The Kier molecular flexibility index (Phi) is 6.65. The molecule has 2 N–H and O–H groups in total. The Morgan fingerprint density at radius 2 is 1.64 bits per heavy atom. The van der Waals surface area contributed by atoms with Crippen LogP contribution >= 0.6 is 0 Å². The van der Waals surface area contributed by atoms with Gasteiger partial charge < -0.3 is 10.2 Å². The van der Waals surface area contributed by atoms with E-state index in [4.69, 9.17) is 0 Å². The lowest BCUT2D eigenvalue weighted by Crippen LogP contribution is -2.41. The van der Waals surface area contributed by atoms with Gasteiger partial charge in [-0.1, -0.05) is 19.9 Å². The number of hydrogen-bond donors (Lipinski definition) is 2. The lowest BCUT2D eigenvalue weighted by Gasteiger charge is -2.21. The number of hydrogen-bond acceptors (Lipinski definition) is 4. The molecule has 0 heterocycles. The molecule has 28 heavy (non-hydrogen) atoms. The van der Waals surface area contributed by atoms with Crippen molar-refractivity contribution in [3.8, 4) is 0 Å². The first-order valence-electron chi connectivity index (χ1n) is 10.6. The van der Waals surface area contributed by atoms with Crippen molar-refractivity contribution in [3.63, 3.8) is 0 Å². The molecule has 3 rings (SSSR count). The zero-order valence-corrected chi connectivity index (χ0v) is 18.1. The fraction of sp³-hybridized carbons (Fsp3) is 0.667. The maximum Gasteiger partial charge on any atom is 0.332 e. The molecule has 0 saturated heterocycles. The van der Waals surface area contributed by atoms with Gasteiger partial charge in [0.25, 0.3) is 0 Å². The minimum Gasteiger partial charge on any atom is -0.307 e. The van der Waals surface area contributed by atoms with Gasteiger partial charge in [-0.3, -0.25) is 0 Å². The van der Waals surface area contributed by atoms with Crippen LogP contribution in [0.2, 0.25) is 0 Å². The predicted octanol–water partition coefficient (Wildman–Crippen LogP) is 3.24. The first-order chi connectivity index (χ1) is 13.4. The summed E-state index contributed by atoms with van der Waals surface area (Å²) in [5, 5.41) is 2.28. The number of benzene rings is 1. The average Bonchev–Trinajstić information content (AvgIpc) is 3.30. The van der Waals surface area contributed by atoms with Crippen LogP contribution in [0.15, 0.2) is 6.07 Å². The molecule has 6 nitrogen and oxygen atoms in total. The van der Waals surface area contributed by atoms with Gasteiger partial charge in [0.1, 0.15) is 0 Å². The van der Waals surface area contributed by atoms with Crippen LogP contribution in [0.3, 0.4) is 0 Å². The zero-order valence-electron chi connectivity index (χ0n) is 17.3. The fourth-order valence-corrected chi connectivity index (χ4v) is 5.32. The summed E-state index contributed by atoms with van der Waals surface area (Å²) in [4.78, 5) is 14.8. The molecule has 0 bridgehead atoms. The number of rotatable bonds is 8. The van der Waals surface area contributed by atoms with Crippen molar-refractivity contribution in [2.24, 2.45) is 0 Å². The molecule has 0 aliphatic heterocycles. The number of anilines is 1. The van der Waals surface area contributed by atoms with E-state index in [9.17, 15) is 13.2 Å². The van der Waals surface area contributed by atoms with E-state index >= 15 is 0 Å². The van der Waals surface area contributed by atoms with Gasteiger partial charge in [-0.05, 0) is 93.8 Å². The van der Waals surface area contributed by atoms with Gasteiger partial charge in [0.05, 0.1) is 5.25 Å². The Balaban J connectivity index is 1.68. The number of carbonyl (C=O) groups is 1. The minimum absolute atomic E-state index is 0.500. The van der Waals surface area contributed by atoms with Crippen LogP contribution in [-0.2, 0) is 35.7 Å². The number of amides is 2. The lowest BCUT2D eigenvalue weighted by atomic mass is 9.99. The summed E-state index contributed by atoms with van der Waals surface area (Å²) in [6.45, 7) is 8.27. The highest BCUT2D eigenvalue weighted by molar-refractivity contribution is 7.90. The molecule has 7 heteroatoms. The molecule has 1 aromatic rings. The number of urea groups is 1. The Hall–Kier alpha value is -1.60. The quantitative estimate of drug-likeness (QED) is 0.693. The second kappa shape index (κ2) is 8.82. The predicted molar refractivity (Wildman–Crippen MR) is 113 cm³/mol. The molecule has 0 radical (unpaired) electrons.